The number of ether oxygens (including phenoxy) is 2. The zero-order valence-corrected chi connectivity index (χ0v) is 15.3. The second-order valence-corrected chi connectivity index (χ2v) is 6.38. The van der Waals surface area contributed by atoms with Crippen molar-refractivity contribution in [3.8, 4) is 5.75 Å². The van der Waals surface area contributed by atoms with Gasteiger partial charge in [0.25, 0.3) is 0 Å². The molecule has 0 N–H and O–H groups in total. The van der Waals surface area contributed by atoms with Gasteiger partial charge in [-0.25, -0.2) is 9.59 Å². The summed E-state index contributed by atoms with van der Waals surface area (Å²) in [5.74, 6) is -0.109. The van der Waals surface area contributed by atoms with Gasteiger partial charge in [-0.15, -0.1) is 0 Å². The molecule has 2 aromatic carbocycles. The number of hydrogen-bond acceptors (Lipinski definition) is 5. The van der Waals surface area contributed by atoms with E-state index in [0.29, 0.717) is 32.9 Å². The molecule has 0 saturated carbocycles. The highest BCUT2D eigenvalue weighted by atomic mass is 35.5. The van der Waals surface area contributed by atoms with E-state index < -0.39 is 11.6 Å². The van der Waals surface area contributed by atoms with Crippen LogP contribution in [-0.4, -0.2) is 13.1 Å². The first-order valence-electron chi connectivity index (χ1n) is 7.93. The molecule has 3 aromatic rings. The minimum Gasteiger partial charge on any atom is -0.496 e. The van der Waals surface area contributed by atoms with Crippen LogP contribution in [0.25, 0.3) is 11.0 Å². The first kappa shape index (κ1) is 18.0. The lowest BCUT2D eigenvalue weighted by Crippen LogP contribution is -2.09. The number of fused-ring (bicyclic) bond motifs is 1. The van der Waals surface area contributed by atoms with Gasteiger partial charge in [0.15, 0.2) is 0 Å². The van der Waals surface area contributed by atoms with Crippen molar-refractivity contribution < 1.29 is 18.7 Å². The standard InChI is InChI=1S/C20H17ClO5/c1-11-4-5-17(24-3)15(6-11)20(23)25-10-13-8-19(22)26-18-7-12(2)16(21)9-14(13)18/h4-9H,10H2,1-3H3. The van der Waals surface area contributed by atoms with Crippen molar-refractivity contribution in [3.05, 3.63) is 74.1 Å². The summed E-state index contributed by atoms with van der Waals surface area (Å²) in [5.41, 5.74) is 2.44. The molecule has 0 unspecified atom stereocenters. The molecular formula is C20H17ClO5. The Kier molecular flexibility index (Phi) is 5.00. The largest absolute Gasteiger partial charge is 0.496 e. The molecule has 6 heteroatoms. The number of carbonyl (C=O) groups is 1. The fourth-order valence-electron chi connectivity index (χ4n) is 2.67. The fraction of sp³-hybridized carbons (Fsp3) is 0.200. The Morgan fingerprint density at radius 1 is 1.15 bits per heavy atom. The maximum absolute atomic E-state index is 12.5. The van der Waals surface area contributed by atoms with Crippen molar-refractivity contribution in [1.82, 2.24) is 0 Å². The number of benzene rings is 2. The zero-order valence-electron chi connectivity index (χ0n) is 14.6. The Balaban J connectivity index is 1.93. The molecule has 0 spiro atoms. The normalized spacial score (nSPS) is 10.8. The van der Waals surface area contributed by atoms with Gasteiger partial charge in [-0.05, 0) is 43.7 Å². The lowest BCUT2D eigenvalue weighted by atomic mass is 10.1. The monoisotopic (exact) mass is 372 g/mol. The minimum atomic E-state index is -0.537. The summed E-state index contributed by atoms with van der Waals surface area (Å²) < 4.78 is 15.8. The smallest absolute Gasteiger partial charge is 0.342 e. The Labute approximate surface area is 155 Å². The number of halogens is 1. The summed E-state index contributed by atoms with van der Waals surface area (Å²) in [4.78, 5) is 24.3. The molecule has 0 bridgehead atoms. The lowest BCUT2D eigenvalue weighted by molar-refractivity contribution is 0.0470. The van der Waals surface area contributed by atoms with Crippen molar-refractivity contribution in [1.29, 1.82) is 0 Å². The molecule has 5 nitrogen and oxygen atoms in total. The van der Waals surface area contributed by atoms with Crippen LogP contribution in [0.3, 0.4) is 0 Å². The summed E-state index contributed by atoms with van der Waals surface area (Å²) in [6, 6.07) is 9.93. The number of esters is 1. The predicted octanol–water partition coefficient (Wildman–Crippen LogP) is 4.43. The van der Waals surface area contributed by atoms with E-state index >= 15 is 0 Å². The zero-order chi connectivity index (χ0) is 18.8. The highest BCUT2D eigenvalue weighted by molar-refractivity contribution is 6.32. The third kappa shape index (κ3) is 3.58. The van der Waals surface area contributed by atoms with Crippen LogP contribution >= 0.6 is 11.6 Å². The Bertz CT molecular complexity index is 1050. The maximum Gasteiger partial charge on any atom is 0.342 e. The van der Waals surface area contributed by atoms with Crippen molar-refractivity contribution >= 4 is 28.5 Å². The Morgan fingerprint density at radius 3 is 2.65 bits per heavy atom. The van der Waals surface area contributed by atoms with Crippen LogP contribution in [0.5, 0.6) is 5.75 Å². The van der Waals surface area contributed by atoms with E-state index in [1.807, 2.05) is 19.9 Å². The first-order valence-corrected chi connectivity index (χ1v) is 8.31. The van der Waals surface area contributed by atoms with Crippen molar-refractivity contribution in [2.24, 2.45) is 0 Å². The fourth-order valence-corrected chi connectivity index (χ4v) is 2.83. The summed E-state index contributed by atoms with van der Waals surface area (Å²) in [6.45, 7) is 3.60. The topological polar surface area (TPSA) is 65.7 Å². The van der Waals surface area contributed by atoms with Gasteiger partial charge in [0, 0.05) is 22.0 Å². The second kappa shape index (κ2) is 7.22. The molecule has 0 radical (unpaired) electrons. The quantitative estimate of drug-likeness (QED) is 0.500. The lowest BCUT2D eigenvalue weighted by Gasteiger charge is -2.11. The van der Waals surface area contributed by atoms with Crippen molar-refractivity contribution in [2.45, 2.75) is 20.5 Å². The molecule has 0 atom stereocenters. The van der Waals surface area contributed by atoms with Crippen LogP contribution in [0.2, 0.25) is 5.02 Å². The average molecular weight is 373 g/mol. The number of methoxy groups -OCH3 is 1. The molecule has 0 fully saturated rings. The second-order valence-electron chi connectivity index (χ2n) is 5.97. The Morgan fingerprint density at radius 2 is 1.92 bits per heavy atom. The van der Waals surface area contributed by atoms with E-state index in [9.17, 15) is 9.59 Å². The van der Waals surface area contributed by atoms with Crippen LogP contribution < -0.4 is 10.4 Å². The number of aryl methyl sites for hydroxylation is 2. The van der Waals surface area contributed by atoms with Gasteiger partial charge < -0.3 is 13.9 Å². The highest BCUT2D eigenvalue weighted by Crippen LogP contribution is 2.26. The molecular weight excluding hydrogens is 356 g/mol. The minimum absolute atomic E-state index is 0.0859. The van der Waals surface area contributed by atoms with Crippen LogP contribution in [0.4, 0.5) is 0 Å². The number of rotatable bonds is 4. The van der Waals surface area contributed by atoms with Crippen LogP contribution in [0.1, 0.15) is 27.0 Å². The van der Waals surface area contributed by atoms with Gasteiger partial charge in [-0.1, -0.05) is 23.2 Å². The predicted molar refractivity (Wildman–Crippen MR) is 99.1 cm³/mol. The van der Waals surface area contributed by atoms with Crippen molar-refractivity contribution in [2.75, 3.05) is 7.11 Å². The summed E-state index contributed by atoms with van der Waals surface area (Å²) in [6.07, 6.45) is 0. The van der Waals surface area contributed by atoms with Gasteiger partial charge in [-0.3, -0.25) is 0 Å². The van der Waals surface area contributed by atoms with Crippen LogP contribution in [0, 0.1) is 13.8 Å². The van der Waals surface area contributed by atoms with E-state index in [1.165, 1.54) is 13.2 Å². The van der Waals surface area contributed by atoms with Crippen LogP contribution in [0.15, 0.2) is 45.6 Å². The van der Waals surface area contributed by atoms with Gasteiger partial charge in [0.1, 0.15) is 23.5 Å². The average Bonchev–Trinajstić information content (AvgIpc) is 2.60. The molecule has 0 amide bonds. The molecule has 0 aliphatic carbocycles. The van der Waals surface area contributed by atoms with E-state index in [4.69, 9.17) is 25.5 Å². The molecule has 0 aliphatic rings. The third-order valence-electron chi connectivity index (χ3n) is 4.04. The van der Waals surface area contributed by atoms with E-state index in [2.05, 4.69) is 0 Å². The number of hydrogen-bond donors (Lipinski definition) is 0. The summed E-state index contributed by atoms with van der Waals surface area (Å²) >= 11 is 6.17. The third-order valence-corrected chi connectivity index (χ3v) is 4.45. The van der Waals surface area contributed by atoms with Gasteiger partial charge >= 0.3 is 11.6 Å². The molecule has 3 rings (SSSR count). The molecule has 1 heterocycles. The molecule has 0 saturated heterocycles. The van der Waals surface area contributed by atoms with E-state index in [-0.39, 0.29) is 6.61 Å². The highest BCUT2D eigenvalue weighted by Gasteiger charge is 2.16. The molecule has 1 aromatic heterocycles. The first-order chi connectivity index (χ1) is 12.4. The summed E-state index contributed by atoms with van der Waals surface area (Å²) in [5, 5.41) is 1.17. The molecule has 0 aliphatic heterocycles. The molecule has 134 valence electrons. The summed E-state index contributed by atoms with van der Waals surface area (Å²) in [7, 11) is 1.49. The SMILES string of the molecule is COc1ccc(C)cc1C(=O)OCc1cc(=O)oc2cc(C)c(Cl)cc12. The van der Waals surface area contributed by atoms with E-state index in [1.54, 1.807) is 24.3 Å². The molecule has 26 heavy (non-hydrogen) atoms. The maximum atomic E-state index is 12.5. The van der Waals surface area contributed by atoms with Gasteiger partial charge in [0.2, 0.25) is 0 Å². The van der Waals surface area contributed by atoms with Crippen LogP contribution in [-0.2, 0) is 11.3 Å². The van der Waals surface area contributed by atoms with Gasteiger partial charge in [0.05, 0.1) is 7.11 Å². The van der Waals surface area contributed by atoms with Gasteiger partial charge in [-0.2, -0.15) is 0 Å². The van der Waals surface area contributed by atoms with E-state index in [0.717, 1.165) is 11.1 Å². The number of carbonyl (C=O) groups excluding carboxylic acids is 1. The van der Waals surface area contributed by atoms with Crippen molar-refractivity contribution in [3.63, 3.8) is 0 Å². The Hall–Kier alpha value is -2.79.